The number of hydrogen-bond acceptors (Lipinski definition) is 3. The second-order valence-corrected chi connectivity index (χ2v) is 4.69. The SMILES string of the molecule is NCC#Cc1ccccc1C(=O)N1CCC(C(N)=O)C1. The lowest BCUT2D eigenvalue weighted by atomic mass is 10.1. The molecule has 0 bridgehead atoms. The van der Waals surface area contributed by atoms with E-state index in [4.69, 9.17) is 11.5 Å². The Kier molecular flexibility index (Phi) is 4.38. The van der Waals surface area contributed by atoms with Gasteiger partial charge in [0.15, 0.2) is 0 Å². The van der Waals surface area contributed by atoms with E-state index in [1.807, 2.05) is 6.07 Å². The van der Waals surface area contributed by atoms with Crippen LogP contribution in [-0.4, -0.2) is 36.3 Å². The summed E-state index contributed by atoms with van der Waals surface area (Å²) in [6.45, 7) is 1.17. The molecule has 1 atom stereocenters. The van der Waals surface area contributed by atoms with Crippen LogP contribution < -0.4 is 11.5 Å². The molecule has 0 aromatic heterocycles. The van der Waals surface area contributed by atoms with Crippen molar-refractivity contribution in [3.63, 3.8) is 0 Å². The average Bonchev–Trinajstić information content (AvgIpc) is 2.94. The fraction of sp³-hybridized carbons (Fsp3) is 0.333. The number of rotatable bonds is 2. The lowest BCUT2D eigenvalue weighted by Crippen LogP contribution is -2.32. The molecule has 1 heterocycles. The quantitative estimate of drug-likeness (QED) is 0.739. The maximum Gasteiger partial charge on any atom is 0.255 e. The zero-order valence-electron chi connectivity index (χ0n) is 11.1. The summed E-state index contributed by atoms with van der Waals surface area (Å²) in [5.41, 5.74) is 11.8. The molecule has 1 aromatic rings. The predicted molar refractivity (Wildman–Crippen MR) is 75.6 cm³/mol. The van der Waals surface area contributed by atoms with Gasteiger partial charge >= 0.3 is 0 Å². The molecular formula is C15H17N3O2. The third kappa shape index (κ3) is 2.98. The fourth-order valence-corrected chi connectivity index (χ4v) is 2.27. The largest absolute Gasteiger partial charge is 0.369 e. The highest BCUT2D eigenvalue weighted by Gasteiger charge is 2.30. The minimum atomic E-state index is -0.350. The van der Waals surface area contributed by atoms with Gasteiger partial charge in [0.2, 0.25) is 5.91 Å². The van der Waals surface area contributed by atoms with Gasteiger partial charge in [0.1, 0.15) is 0 Å². The van der Waals surface area contributed by atoms with Gasteiger partial charge in [-0.3, -0.25) is 9.59 Å². The second-order valence-electron chi connectivity index (χ2n) is 4.69. The van der Waals surface area contributed by atoms with Crippen molar-refractivity contribution in [2.75, 3.05) is 19.6 Å². The van der Waals surface area contributed by atoms with Gasteiger partial charge in [-0.05, 0) is 18.6 Å². The van der Waals surface area contributed by atoms with E-state index in [-0.39, 0.29) is 24.3 Å². The first kappa shape index (κ1) is 14.1. The molecule has 1 unspecified atom stereocenters. The van der Waals surface area contributed by atoms with Crippen molar-refractivity contribution >= 4 is 11.8 Å². The standard InChI is InChI=1S/C15H17N3O2/c16-8-3-5-11-4-1-2-6-13(11)15(20)18-9-7-12(10-18)14(17)19/h1-2,4,6,12H,7-10,16H2,(H2,17,19). The van der Waals surface area contributed by atoms with Crippen molar-refractivity contribution in [2.45, 2.75) is 6.42 Å². The maximum atomic E-state index is 12.5. The normalized spacial score (nSPS) is 17.4. The van der Waals surface area contributed by atoms with E-state index in [0.717, 1.165) is 0 Å². The van der Waals surface area contributed by atoms with Gasteiger partial charge in [-0.1, -0.05) is 24.0 Å². The van der Waals surface area contributed by atoms with Crippen molar-refractivity contribution < 1.29 is 9.59 Å². The van der Waals surface area contributed by atoms with Crippen LogP contribution in [0.5, 0.6) is 0 Å². The zero-order valence-corrected chi connectivity index (χ0v) is 11.1. The van der Waals surface area contributed by atoms with E-state index in [1.165, 1.54) is 0 Å². The van der Waals surface area contributed by atoms with Crippen LogP contribution in [0.15, 0.2) is 24.3 Å². The van der Waals surface area contributed by atoms with Gasteiger partial charge in [-0.2, -0.15) is 0 Å². The van der Waals surface area contributed by atoms with Crippen LogP contribution in [0, 0.1) is 17.8 Å². The Morgan fingerprint density at radius 1 is 1.35 bits per heavy atom. The highest BCUT2D eigenvalue weighted by atomic mass is 16.2. The minimum absolute atomic E-state index is 0.115. The van der Waals surface area contributed by atoms with Crippen molar-refractivity contribution in [3.05, 3.63) is 35.4 Å². The summed E-state index contributed by atoms with van der Waals surface area (Å²) in [6, 6.07) is 7.15. The molecule has 5 nitrogen and oxygen atoms in total. The molecule has 1 fully saturated rings. The Hall–Kier alpha value is -2.32. The number of amides is 2. The number of nitrogens with two attached hydrogens (primary N) is 2. The Balaban J connectivity index is 2.20. The highest BCUT2D eigenvalue weighted by molar-refractivity contribution is 5.97. The molecule has 0 aliphatic carbocycles. The molecule has 0 radical (unpaired) electrons. The Bertz CT molecular complexity index is 586. The zero-order chi connectivity index (χ0) is 14.5. The van der Waals surface area contributed by atoms with E-state index in [9.17, 15) is 9.59 Å². The third-order valence-corrected chi connectivity index (χ3v) is 3.36. The van der Waals surface area contributed by atoms with Crippen LogP contribution >= 0.6 is 0 Å². The topological polar surface area (TPSA) is 89.4 Å². The molecule has 0 spiro atoms. The summed E-state index contributed by atoms with van der Waals surface area (Å²) in [6.07, 6.45) is 0.623. The first-order valence-electron chi connectivity index (χ1n) is 6.50. The molecule has 2 rings (SSSR count). The highest BCUT2D eigenvalue weighted by Crippen LogP contribution is 2.19. The van der Waals surface area contributed by atoms with Crippen LogP contribution in [-0.2, 0) is 4.79 Å². The van der Waals surface area contributed by atoms with Gasteiger partial charge < -0.3 is 16.4 Å². The lowest BCUT2D eigenvalue weighted by Gasteiger charge is -2.16. The second kappa shape index (κ2) is 6.22. The molecule has 5 heteroatoms. The number of benzene rings is 1. The molecule has 1 aromatic carbocycles. The lowest BCUT2D eigenvalue weighted by molar-refractivity contribution is -0.121. The van der Waals surface area contributed by atoms with Gasteiger partial charge in [-0.25, -0.2) is 0 Å². The smallest absolute Gasteiger partial charge is 0.255 e. The molecule has 2 amide bonds. The molecule has 20 heavy (non-hydrogen) atoms. The van der Waals surface area contributed by atoms with E-state index in [1.54, 1.807) is 23.1 Å². The molecule has 4 N–H and O–H groups in total. The van der Waals surface area contributed by atoms with Gasteiger partial charge in [0.05, 0.1) is 18.0 Å². The number of likely N-dealkylation sites (tertiary alicyclic amines) is 1. The maximum absolute atomic E-state index is 12.5. The summed E-state index contributed by atoms with van der Waals surface area (Å²) in [5.74, 6) is 4.93. The van der Waals surface area contributed by atoms with Crippen molar-refractivity contribution in [1.82, 2.24) is 4.90 Å². The number of primary amides is 1. The molecule has 0 saturated carbocycles. The monoisotopic (exact) mass is 271 g/mol. The fourth-order valence-electron chi connectivity index (χ4n) is 2.27. The summed E-state index contributed by atoms with van der Waals surface area (Å²) < 4.78 is 0. The van der Waals surface area contributed by atoms with Crippen LogP contribution in [0.1, 0.15) is 22.3 Å². The van der Waals surface area contributed by atoms with Crippen LogP contribution in [0.3, 0.4) is 0 Å². The summed E-state index contributed by atoms with van der Waals surface area (Å²) >= 11 is 0. The molecule has 1 saturated heterocycles. The Morgan fingerprint density at radius 3 is 2.75 bits per heavy atom. The minimum Gasteiger partial charge on any atom is -0.369 e. The van der Waals surface area contributed by atoms with Crippen LogP contribution in [0.4, 0.5) is 0 Å². The Morgan fingerprint density at radius 2 is 2.10 bits per heavy atom. The average molecular weight is 271 g/mol. The van der Waals surface area contributed by atoms with E-state index in [0.29, 0.717) is 30.6 Å². The third-order valence-electron chi connectivity index (χ3n) is 3.36. The number of carbonyl (C=O) groups is 2. The first-order chi connectivity index (χ1) is 9.63. The molecule has 1 aliphatic heterocycles. The number of hydrogen-bond donors (Lipinski definition) is 2. The summed E-state index contributed by atoms with van der Waals surface area (Å²) in [5, 5.41) is 0. The van der Waals surface area contributed by atoms with Gasteiger partial charge in [0, 0.05) is 18.7 Å². The van der Waals surface area contributed by atoms with E-state index in [2.05, 4.69) is 11.8 Å². The van der Waals surface area contributed by atoms with Crippen molar-refractivity contribution in [2.24, 2.45) is 17.4 Å². The molecule has 1 aliphatic rings. The van der Waals surface area contributed by atoms with Gasteiger partial charge in [0.25, 0.3) is 5.91 Å². The molecule has 104 valence electrons. The number of nitrogens with zero attached hydrogens (tertiary/aromatic N) is 1. The van der Waals surface area contributed by atoms with Crippen LogP contribution in [0.25, 0.3) is 0 Å². The Labute approximate surface area is 117 Å². The number of carbonyl (C=O) groups excluding carboxylic acids is 2. The van der Waals surface area contributed by atoms with Crippen LogP contribution in [0.2, 0.25) is 0 Å². The van der Waals surface area contributed by atoms with Gasteiger partial charge in [-0.15, -0.1) is 0 Å². The molecular weight excluding hydrogens is 254 g/mol. The predicted octanol–water partition coefficient (Wildman–Crippen LogP) is -0.0558. The van der Waals surface area contributed by atoms with Crippen molar-refractivity contribution in [3.8, 4) is 11.8 Å². The summed E-state index contributed by atoms with van der Waals surface area (Å²) in [4.78, 5) is 25.3. The van der Waals surface area contributed by atoms with Crippen molar-refractivity contribution in [1.29, 1.82) is 0 Å². The summed E-state index contributed by atoms with van der Waals surface area (Å²) in [7, 11) is 0. The first-order valence-corrected chi connectivity index (χ1v) is 6.50. The van der Waals surface area contributed by atoms with E-state index < -0.39 is 0 Å². The van der Waals surface area contributed by atoms with E-state index >= 15 is 0 Å².